The van der Waals surface area contributed by atoms with Crippen molar-refractivity contribution >= 4 is 11.3 Å². The molecule has 2 aromatic heterocycles. The average Bonchev–Trinajstić information content (AvgIpc) is 2.94. The Morgan fingerprint density at radius 2 is 2.38 bits per heavy atom. The topological polar surface area (TPSA) is 60.2 Å². The first-order valence-electron chi connectivity index (χ1n) is 5.00. The van der Waals surface area contributed by atoms with E-state index < -0.39 is 0 Å². The lowest BCUT2D eigenvalue weighted by atomic mass is 10.4. The van der Waals surface area contributed by atoms with Crippen LogP contribution >= 0.6 is 11.3 Å². The Morgan fingerprint density at radius 1 is 1.50 bits per heavy atom. The van der Waals surface area contributed by atoms with Gasteiger partial charge in [-0.15, -0.1) is 21.5 Å². The summed E-state index contributed by atoms with van der Waals surface area (Å²) in [5.74, 6) is 1.87. The third-order valence-electron chi connectivity index (χ3n) is 2.04. The second-order valence-corrected chi connectivity index (χ2v) is 4.02. The SMILES string of the molecule is CCNCc1nnc(-c2sccc2OC)o1. The first-order chi connectivity index (χ1) is 7.85. The van der Waals surface area contributed by atoms with E-state index in [4.69, 9.17) is 9.15 Å². The molecule has 0 aliphatic rings. The predicted octanol–water partition coefficient (Wildman–Crippen LogP) is 1.92. The van der Waals surface area contributed by atoms with Crippen molar-refractivity contribution in [3.63, 3.8) is 0 Å². The van der Waals surface area contributed by atoms with Gasteiger partial charge >= 0.3 is 0 Å². The molecule has 0 saturated carbocycles. The normalized spacial score (nSPS) is 10.6. The summed E-state index contributed by atoms with van der Waals surface area (Å²) < 4.78 is 10.7. The van der Waals surface area contributed by atoms with E-state index >= 15 is 0 Å². The third kappa shape index (κ3) is 2.23. The van der Waals surface area contributed by atoms with E-state index in [-0.39, 0.29) is 0 Å². The zero-order chi connectivity index (χ0) is 11.4. The molecule has 0 unspecified atom stereocenters. The van der Waals surface area contributed by atoms with Crippen molar-refractivity contribution in [1.82, 2.24) is 15.5 Å². The summed E-state index contributed by atoms with van der Waals surface area (Å²) >= 11 is 1.52. The van der Waals surface area contributed by atoms with Gasteiger partial charge in [0.1, 0.15) is 10.6 Å². The van der Waals surface area contributed by atoms with Gasteiger partial charge in [0.05, 0.1) is 13.7 Å². The van der Waals surface area contributed by atoms with Gasteiger partial charge in [-0.05, 0) is 18.0 Å². The Balaban J connectivity index is 2.18. The molecule has 86 valence electrons. The first-order valence-corrected chi connectivity index (χ1v) is 5.88. The minimum absolute atomic E-state index is 0.514. The van der Waals surface area contributed by atoms with Crippen molar-refractivity contribution in [2.75, 3.05) is 13.7 Å². The van der Waals surface area contributed by atoms with Gasteiger partial charge in [-0.2, -0.15) is 0 Å². The molecule has 0 fully saturated rings. The largest absolute Gasteiger partial charge is 0.495 e. The van der Waals surface area contributed by atoms with Crippen LogP contribution in [0.3, 0.4) is 0 Å². The van der Waals surface area contributed by atoms with Gasteiger partial charge < -0.3 is 14.5 Å². The van der Waals surface area contributed by atoms with Crippen LogP contribution in [0.4, 0.5) is 0 Å². The maximum Gasteiger partial charge on any atom is 0.261 e. The molecule has 0 saturated heterocycles. The maximum atomic E-state index is 5.52. The maximum absolute atomic E-state index is 5.52. The highest BCUT2D eigenvalue weighted by Crippen LogP contribution is 2.34. The van der Waals surface area contributed by atoms with Crippen molar-refractivity contribution in [2.24, 2.45) is 0 Å². The standard InChI is InChI=1S/C10H13N3O2S/c1-3-11-6-8-12-13-10(15-8)9-7(14-2)4-5-16-9/h4-5,11H,3,6H2,1-2H3. The monoisotopic (exact) mass is 239 g/mol. The number of nitrogens with one attached hydrogen (secondary N) is 1. The van der Waals surface area contributed by atoms with E-state index in [0.29, 0.717) is 18.3 Å². The zero-order valence-electron chi connectivity index (χ0n) is 9.19. The van der Waals surface area contributed by atoms with Crippen LogP contribution < -0.4 is 10.1 Å². The van der Waals surface area contributed by atoms with Crippen LogP contribution in [0.5, 0.6) is 5.75 Å². The Morgan fingerprint density at radius 3 is 3.12 bits per heavy atom. The quantitative estimate of drug-likeness (QED) is 0.863. The summed E-state index contributed by atoms with van der Waals surface area (Å²) in [5.41, 5.74) is 0. The third-order valence-corrected chi connectivity index (χ3v) is 2.92. The van der Waals surface area contributed by atoms with Crippen molar-refractivity contribution in [1.29, 1.82) is 0 Å². The molecule has 0 bridgehead atoms. The van der Waals surface area contributed by atoms with Crippen LogP contribution in [-0.2, 0) is 6.54 Å². The van der Waals surface area contributed by atoms with Gasteiger partial charge in [0, 0.05) is 0 Å². The summed E-state index contributed by atoms with van der Waals surface area (Å²) in [4.78, 5) is 0.873. The molecule has 2 rings (SSSR count). The highest BCUT2D eigenvalue weighted by Gasteiger charge is 2.14. The minimum atomic E-state index is 0.514. The van der Waals surface area contributed by atoms with Gasteiger partial charge in [0.2, 0.25) is 5.89 Å². The molecule has 0 aromatic carbocycles. The molecule has 0 aliphatic heterocycles. The Bertz CT molecular complexity index is 452. The van der Waals surface area contributed by atoms with Crippen molar-refractivity contribution in [2.45, 2.75) is 13.5 Å². The number of hydrogen-bond donors (Lipinski definition) is 1. The fraction of sp³-hybridized carbons (Fsp3) is 0.400. The Kier molecular flexibility index (Phi) is 3.53. The molecule has 6 heteroatoms. The molecule has 0 aliphatic carbocycles. The molecule has 0 radical (unpaired) electrons. The van der Waals surface area contributed by atoms with Gasteiger partial charge in [0.25, 0.3) is 5.89 Å². The summed E-state index contributed by atoms with van der Waals surface area (Å²) in [6.45, 7) is 3.50. The molecule has 0 amide bonds. The van der Waals surface area contributed by atoms with E-state index in [1.807, 2.05) is 18.4 Å². The van der Waals surface area contributed by atoms with Crippen molar-refractivity contribution in [3.05, 3.63) is 17.3 Å². The fourth-order valence-corrected chi connectivity index (χ4v) is 2.04. The lowest BCUT2D eigenvalue weighted by Gasteiger charge is -1.97. The second-order valence-electron chi connectivity index (χ2n) is 3.10. The molecular weight excluding hydrogens is 226 g/mol. The van der Waals surface area contributed by atoms with Gasteiger partial charge in [-0.25, -0.2) is 0 Å². The van der Waals surface area contributed by atoms with Gasteiger partial charge in [0.15, 0.2) is 0 Å². The van der Waals surface area contributed by atoms with Crippen LogP contribution in [0.1, 0.15) is 12.8 Å². The van der Waals surface area contributed by atoms with E-state index in [0.717, 1.165) is 17.2 Å². The van der Waals surface area contributed by atoms with Gasteiger partial charge in [-0.1, -0.05) is 6.92 Å². The lowest BCUT2D eigenvalue weighted by molar-refractivity contribution is 0.415. The molecule has 1 N–H and O–H groups in total. The number of hydrogen-bond acceptors (Lipinski definition) is 6. The average molecular weight is 239 g/mol. The molecule has 2 aromatic rings. The van der Waals surface area contributed by atoms with E-state index in [2.05, 4.69) is 15.5 Å². The predicted molar refractivity (Wildman–Crippen MR) is 61.5 cm³/mol. The number of rotatable bonds is 5. The molecule has 5 nitrogen and oxygen atoms in total. The first kappa shape index (κ1) is 11.1. The van der Waals surface area contributed by atoms with Crippen LogP contribution in [0.25, 0.3) is 10.8 Å². The number of nitrogens with zero attached hydrogens (tertiary/aromatic N) is 2. The van der Waals surface area contributed by atoms with Crippen molar-refractivity contribution < 1.29 is 9.15 Å². The molecule has 0 spiro atoms. The zero-order valence-corrected chi connectivity index (χ0v) is 10.0. The lowest BCUT2D eigenvalue weighted by Crippen LogP contribution is -2.11. The number of thiophene rings is 1. The Hall–Kier alpha value is -1.40. The number of aromatic nitrogens is 2. The summed E-state index contributed by atoms with van der Waals surface area (Å²) in [6.07, 6.45) is 0. The molecule has 16 heavy (non-hydrogen) atoms. The van der Waals surface area contributed by atoms with Gasteiger partial charge in [-0.3, -0.25) is 0 Å². The smallest absolute Gasteiger partial charge is 0.261 e. The summed E-state index contributed by atoms with van der Waals surface area (Å²) in [7, 11) is 1.63. The highest BCUT2D eigenvalue weighted by molar-refractivity contribution is 7.13. The summed E-state index contributed by atoms with van der Waals surface area (Å²) in [6, 6.07) is 1.88. The summed E-state index contributed by atoms with van der Waals surface area (Å²) in [5, 5.41) is 13.0. The highest BCUT2D eigenvalue weighted by atomic mass is 32.1. The van der Waals surface area contributed by atoms with E-state index in [1.54, 1.807) is 7.11 Å². The number of ether oxygens (including phenoxy) is 1. The number of methoxy groups -OCH3 is 1. The van der Waals surface area contributed by atoms with E-state index in [9.17, 15) is 0 Å². The van der Waals surface area contributed by atoms with Crippen LogP contribution in [0, 0.1) is 0 Å². The minimum Gasteiger partial charge on any atom is -0.495 e. The van der Waals surface area contributed by atoms with Crippen LogP contribution in [-0.4, -0.2) is 23.9 Å². The molecular formula is C10H13N3O2S. The molecule has 0 atom stereocenters. The second kappa shape index (κ2) is 5.09. The van der Waals surface area contributed by atoms with Crippen LogP contribution in [0.15, 0.2) is 15.9 Å². The Labute approximate surface area is 97.5 Å². The fourth-order valence-electron chi connectivity index (χ4n) is 1.26. The van der Waals surface area contributed by atoms with Crippen molar-refractivity contribution in [3.8, 4) is 16.5 Å². The van der Waals surface area contributed by atoms with E-state index in [1.165, 1.54) is 11.3 Å². The van der Waals surface area contributed by atoms with Crippen LogP contribution in [0.2, 0.25) is 0 Å². The molecule has 2 heterocycles.